The van der Waals surface area contributed by atoms with E-state index >= 15 is 0 Å². The van der Waals surface area contributed by atoms with Crippen molar-refractivity contribution in [3.05, 3.63) is 12.7 Å². The third kappa shape index (κ3) is 5.55. The van der Waals surface area contributed by atoms with Crippen molar-refractivity contribution in [3.63, 3.8) is 0 Å². The van der Waals surface area contributed by atoms with Gasteiger partial charge in [0.15, 0.2) is 6.61 Å². The van der Waals surface area contributed by atoms with Crippen LogP contribution in [0, 0.1) is 0 Å². The molecule has 0 aromatic heterocycles. The number of esters is 2. The number of alkyl halides is 6. The van der Waals surface area contributed by atoms with Gasteiger partial charge in [0.1, 0.15) is 0 Å². The lowest BCUT2D eigenvalue weighted by atomic mass is 10.3. The molecule has 18 heavy (non-hydrogen) atoms. The van der Waals surface area contributed by atoms with Gasteiger partial charge < -0.3 is 9.47 Å². The maximum atomic E-state index is 11.9. The SMILES string of the molecule is C=CC(=O)OCC(=O)OC(C(F)(F)F)C(F)(F)F. The summed E-state index contributed by atoms with van der Waals surface area (Å²) in [6.07, 6.45) is -15.3. The average Bonchev–Trinajstić information content (AvgIpc) is 2.19. The molecule has 0 saturated carbocycles. The highest BCUT2D eigenvalue weighted by molar-refractivity contribution is 5.83. The number of carbonyl (C=O) groups excluding carboxylic acids is 2. The number of rotatable bonds is 4. The second-order valence-corrected chi connectivity index (χ2v) is 2.76. The molecular formula is C8H6F6O4. The summed E-state index contributed by atoms with van der Waals surface area (Å²) in [6.45, 7) is 1.51. The standard InChI is InChI=1S/C8H6F6O4/c1-2-4(15)17-3-5(16)18-6(7(9,10)11)8(12,13)14/h2,6H,1,3H2. The maximum Gasteiger partial charge on any atom is 0.434 e. The van der Waals surface area contributed by atoms with Crippen LogP contribution in [0.2, 0.25) is 0 Å². The predicted octanol–water partition coefficient (Wildman–Crippen LogP) is 1.75. The number of hydrogen-bond acceptors (Lipinski definition) is 4. The largest absolute Gasteiger partial charge is 0.451 e. The number of ether oxygens (including phenoxy) is 2. The first-order chi connectivity index (χ1) is 7.98. The van der Waals surface area contributed by atoms with E-state index in [1.807, 2.05) is 0 Å². The minimum Gasteiger partial charge on any atom is -0.451 e. The number of hydrogen-bond donors (Lipinski definition) is 0. The van der Waals surface area contributed by atoms with Crippen molar-refractivity contribution in [1.29, 1.82) is 0 Å². The van der Waals surface area contributed by atoms with Gasteiger partial charge in [-0.2, -0.15) is 26.3 Å². The number of carbonyl (C=O) groups is 2. The Kier molecular flexibility index (Phi) is 5.18. The van der Waals surface area contributed by atoms with E-state index in [1.165, 1.54) is 0 Å². The fraction of sp³-hybridized carbons (Fsp3) is 0.500. The molecule has 0 aliphatic carbocycles. The Bertz CT molecular complexity index is 317. The first-order valence-electron chi connectivity index (χ1n) is 4.10. The normalized spacial score (nSPS) is 12.2. The van der Waals surface area contributed by atoms with E-state index in [2.05, 4.69) is 16.1 Å². The van der Waals surface area contributed by atoms with Crippen LogP contribution < -0.4 is 0 Å². The highest BCUT2D eigenvalue weighted by atomic mass is 19.4. The Morgan fingerprint density at radius 1 is 1.11 bits per heavy atom. The molecule has 0 heterocycles. The van der Waals surface area contributed by atoms with E-state index in [4.69, 9.17) is 0 Å². The molecule has 0 aromatic rings. The molecule has 10 heteroatoms. The zero-order valence-corrected chi connectivity index (χ0v) is 8.47. The van der Waals surface area contributed by atoms with Crippen molar-refractivity contribution in [2.24, 2.45) is 0 Å². The number of halogens is 6. The zero-order chi connectivity index (χ0) is 14.6. The molecule has 0 atom stereocenters. The van der Waals surface area contributed by atoms with Crippen molar-refractivity contribution in [1.82, 2.24) is 0 Å². The molecule has 0 unspecified atom stereocenters. The van der Waals surface area contributed by atoms with Gasteiger partial charge in [-0.25, -0.2) is 9.59 Å². The molecule has 0 spiro atoms. The second-order valence-electron chi connectivity index (χ2n) is 2.76. The highest BCUT2D eigenvalue weighted by Gasteiger charge is 2.59. The first kappa shape index (κ1) is 16.3. The summed E-state index contributed by atoms with van der Waals surface area (Å²) in [5.41, 5.74) is 0. The summed E-state index contributed by atoms with van der Waals surface area (Å²) in [6, 6.07) is 0. The van der Waals surface area contributed by atoms with E-state index in [0.717, 1.165) is 0 Å². The van der Waals surface area contributed by atoms with Crippen molar-refractivity contribution in [3.8, 4) is 0 Å². The fourth-order valence-electron chi connectivity index (χ4n) is 0.674. The monoisotopic (exact) mass is 280 g/mol. The molecule has 0 bridgehead atoms. The molecular weight excluding hydrogens is 274 g/mol. The molecule has 0 aliphatic heterocycles. The summed E-state index contributed by atoms with van der Waals surface area (Å²) in [5.74, 6) is -3.17. The molecule has 4 nitrogen and oxygen atoms in total. The Labute approximate surface area is 96.1 Å². The zero-order valence-electron chi connectivity index (χ0n) is 8.47. The quantitative estimate of drug-likeness (QED) is 0.447. The van der Waals surface area contributed by atoms with Crippen LogP contribution in [-0.4, -0.2) is 37.0 Å². The second kappa shape index (κ2) is 5.74. The van der Waals surface area contributed by atoms with Crippen LogP contribution in [0.15, 0.2) is 12.7 Å². The van der Waals surface area contributed by atoms with Gasteiger partial charge in [0.25, 0.3) is 6.10 Å². The summed E-state index contributed by atoms with van der Waals surface area (Å²) in [7, 11) is 0. The van der Waals surface area contributed by atoms with Gasteiger partial charge in [-0.05, 0) is 0 Å². The third-order valence-corrected chi connectivity index (χ3v) is 1.34. The maximum absolute atomic E-state index is 11.9. The molecule has 0 N–H and O–H groups in total. The van der Waals surface area contributed by atoms with Gasteiger partial charge in [0.2, 0.25) is 0 Å². The lowest BCUT2D eigenvalue weighted by molar-refractivity contribution is -0.313. The Morgan fingerprint density at radius 2 is 1.56 bits per heavy atom. The van der Waals surface area contributed by atoms with Crippen LogP contribution in [0.4, 0.5) is 26.3 Å². The van der Waals surface area contributed by atoms with Gasteiger partial charge in [0.05, 0.1) is 0 Å². The molecule has 0 aromatic carbocycles. The van der Waals surface area contributed by atoms with E-state index < -0.39 is 37.0 Å². The van der Waals surface area contributed by atoms with E-state index in [1.54, 1.807) is 0 Å². The Balaban J connectivity index is 4.57. The summed E-state index contributed by atoms with van der Waals surface area (Å²) in [5, 5.41) is 0. The van der Waals surface area contributed by atoms with E-state index in [-0.39, 0.29) is 0 Å². The van der Waals surface area contributed by atoms with Crippen molar-refractivity contribution < 1.29 is 45.4 Å². The lowest BCUT2D eigenvalue weighted by Crippen LogP contribution is -2.46. The smallest absolute Gasteiger partial charge is 0.434 e. The van der Waals surface area contributed by atoms with E-state index in [9.17, 15) is 35.9 Å². The topological polar surface area (TPSA) is 52.6 Å². The van der Waals surface area contributed by atoms with Crippen LogP contribution >= 0.6 is 0 Å². The van der Waals surface area contributed by atoms with Gasteiger partial charge in [-0.3, -0.25) is 0 Å². The third-order valence-electron chi connectivity index (χ3n) is 1.34. The Morgan fingerprint density at radius 3 is 1.89 bits per heavy atom. The van der Waals surface area contributed by atoms with E-state index in [0.29, 0.717) is 6.08 Å². The average molecular weight is 280 g/mol. The summed E-state index contributed by atoms with van der Waals surface area (Å²) < 4.78 is 78.6. The first-order valence-corrected chi connectivity index (χ1v) is 4.10. The summed E-state index contributed by atoms with van der Waals surface area (Å²) >= 11 is 0. The molecule has 0 aliphatic rings. The molecule has 0 fully saturated rings. The van der Waals surface area contributed by atoms with Crippen molar-refractivity contribution in [2.45, 2.75) is 18.5 Å². The van der Waals surface area contributed by atoms with Crippen LogP contribution in [-0.2, 0) is 19.1 Å². The molecule has 0 radical (unpaired) electrons. The Hall–Kier alpha value is -1.74. The predicted molar refractivity (Wildman–Crippen MR) is 43.1 cm³/mol. The minimum absolute atomic E-state index is 0.568. The van der Waals surface area contributed by atoms with Gasteiger partial charge in [-0.1, -0.05) is 6.58 Å². The molecule has 0 saturated heterocycles. The molecule has 0 amide bonds. The van der Waals surface area contributed by atoms with Crippen LogP contribution in [0.5, 0.6) is 0 Å². The fourth-order valence-corrected chi connectivity index (χ4v) is 0.674. The van der Waals surface area contributed by atoms with Crippen molar-refractivity contribution in [2.75, 3.05) is 6.61 Å². The van der Waals surface area contributed by atoms with Crippen LogP contribution in [0.3, 0.4) is 0 Å². The van der Waals surface area contributed by atoms with Crippen molar-refractivity contribution >= 4 is 11.9 Å². The molecule has 0 rings (SSSR count). The lowest BCUT2D eigenvalue weighted by Gasteiger charge is -2.22. The minimum atomic E-state index is -5.81. The summed E-state index contributed by atoms with van der Waals surface area (Å²) in [4.78, 5) is 21.0. The van der Waals surface area contributed by atoms with Crippen LogP contribution in [0.1, 0.15) is 0 Å². The molecule has 104 valence electrons. The van der Waals surface area contributed by atoms with Gasteiger partial charge in [-0.15, -0.1) is 0 Å². The van der Waals surface area contributed by atoms with Gasteiger partial charge >= 0.3 is 24.3 Å². The highest BCUT2D eigenvalue weighted by Crippen LogP contribution is 2.35. The van der Waals surface area contributed by atoms with Crippen LogP contribution in [0.25, 0.3) is 0 Å². The van der Waals surface area contributed by atoms with Gasteiger partial charge in [0, 0.05) is 6.08 Å².